The van der Waals surface area contributed by atoms with Crippen LogP contribution >= 0.6 is 39.3 Å². The number of thioether (sulfide) groups is 1. The summed E-state index contributed by atoms with van der Waals surface area (Å²) < 4.78 is 0.783. The van der Waals surface area contributed by atoms with Crippen LogP contribution in [0, 0.1) is 0 Å². The molecule has 1 saturated heterocycles. The second-order valence-corrected chi connectivity index (χ2v) is 5.73. The lowest BCUT2D eigenvalue weighted by atomic mass is 10.2. The second kappa shape index (κ2) is 4.89. The first-order valence-electron chi connectivity index (χ1n) is 4.66. The Morgan fingerprint density at radius 3 is 3.07 bits per heavy atom. The molecule has 1 fully saturated rings. The Labute approximate surface area is 107 Å². The molecule has 1 aromatic heterocycles. The lowest BCUT2D eigenvalue weighted by molar-refractivity contribution is 0.689. The first-order chi connectivity index (χ1) is 7.20. The highest BCUT2D eigenvalue weighted by atomic mass is 79.9. The normalized spacial score (nSPS) is 20.6. The van der Waals surface area contributed by atoms with Crippen molar-refractivity contribution < 1.29 is 0 Å². The van der Waals surface area contributed by atoms with Crippen LogP contribution in [0.3, 0.4) is 0 Å². The number of rotatable bonds is 2. The summed E-state index contributed by atoms with van der Waals surface area (Å²) in [7, 11) is 2.06. The van der Waals surface area contributed by atoms with E-state index in [-0.39, 0.29) is 0 Å². The Bertz CT molecular complexity index is 357. The standard InChI is InChI=1S/C9H11BrClN3S/c1-14(6-2-3-15-4-6)9-7(10)8(11)12-5-13-9/h5-6H,2-4H2,1H3. The maximum absolute atomic E-state index is 5.93. The van der Waals surface area contributed by atoms with Crippen molar-refractivity contribution in [2.75, 3.05) is 23.5 Å². The molecule has 6 heteroatoms. The predicted molar refractivity (Wildman–Crippen MR) is 68.9 cm³/mol. The van der Waals surface area contributed by atoms with E-state index in [1.54, 1.807) is 0 Å². The Balaban J connectivity index is 2.24. The zero-order chi connectivity index (χ0) is 10.8. The van der Waals surface area contributed by atoms with Crippen molar-refractivity contribution in [1.29, 1.82) is 0 Å². The van der Waals surface area contributed by atoms with Crippen LogP contribution in [0.25, 0.3) is 0 Å². The number of aromatic nitrogens is 2. The van der Waals surface area contributed by atoms with Crippen LogP contribution in [0.15, 0.2) is 10.8 Å². The summed E-state index contributed by atoms with van der Waals surface area (Å²) in [6, 6.07) is 0.553. The van der Waals surface area contributed by atoms with Gasteiger partial charge < -0.3 is 4.90 Å². The fourth-order valence-electron chi connectivity index (χ4n) is 1.59. The summed E-state index contributed by atoms with van der Waals surface area (Å²) in [4.78, 5) is 10.4. The molecule has 0 bridgehead atoms. The Morgan fingerprint density at radius 2 is 2.40 bits per heavy atom. The highest BCUT2D eigenvalue weighted by Gasteiger charge is 2.23. The smallest absolute Gasteiger partial charge is 0.148 e. The number of hydrogen-bond acceptors (Lipinski definition) is 4. The van der Waals surface area contributed by atoms with Gasteiger partial charge in [-0.3, -0.25) is 0 Å². The van der Waals surface area contributed by atoms with Gasteiger partial charge in [0.2, 0.25) is 0 Å². The Kier molecular flexibility index (Phi) is 3.74. The SMILES string of the molecule is CN(c1ncnc(Cl)c1Br)C1CCSC1. The molecule has 0 aliphatic carbocycles. The molecule has 0 N–H and O–H groups in total. The predicted octanol–water partition coefficient (Wildman–Crippen LogP) is 2.83. The molecular weight excluding hydrogens is 298 g/mol. The van der Waals surface area contributed by atoms with Crippen molar-refractivity contribution in [2.24, 2.45) is 0 Å². The third kappa shape index (κ3) is 2.40. The van der Waals surface area contributed by atoms with Crippen LogP contribution in [0.4, 0.5) is 5.82 Å². The number of halogens is 2. The molecule has 1 atom stereocenters. The molecule has 82 valence electrons. The minimum Gasteiger partial charge on any atom is -0.355 e. The fourth-order valence-corrected chi connectivity index (χ4v) is 3.47. The molecule has 2 rings (SSSR count). The molecule has 0 saturated carbocycles. The topological polar surface area (TPSA) is 29.0 Å². The zero-order valence-corrected chi connectivity index (χ0v) is 11.4. The summed E-state index contributed by atoms with van der Waals surface area (Å²) in [5.41, 5.74) is 0. The minimum atomic E-state index is 0.470. The number of nitrogens with zero attached hydrogens (tertiary/aromatic N) is 3. The monoisotopic (exact) mass is 307 g/mol. The fraction of sp³-hybridized carbons (Fsp3) is 0.556. The molecule has 1 unspecified atom stereocenters. The molecule has 0 spiro atoms. The van der Waals surface area contributed by atoms with Crippen LogP contribution in [0.2, 0.25) is 5.15 Å². The first-order valence-corrected chi connectivity index (χ1v) is 6.99. The van der Waals surface area contributed by atoms with E-state index < -0.39 is 0 Å². The summed E-state index contributed by atoms with van der Waals surface area (Å²) in [6.07, 6.45) is 2.70. The highest BCUT2D eigenvalue weighted by molar-refractivity contribution is 9.10. The molecule has 1 aromatic rings. The van der Waals surface area contributed by atoms with E-state index in [0.29, 0.717) is 11.2 Å². The van der Waals surface area contributed by atoms with E-state index >= 15 is 0 Å². The maximum Gasteiger partial charge on any atom is 0.148 e. The van der Waals surface area contributed by atoms with Gasteiger partial charge in [-0.25, -0.2) is 9.97 Å². The number of hydrogen-bond donors (Lipinski definition) is 0. The molecule has 1 aliphatic rings. The van der Waals surface area contributed by atoms with E-state index in [9.17, 15) is 0 Å². The van der Waals surface area contributed by atoms with Crippen molar-refractivity contribution in [3.8, 4) is 0 Å². The largest absolute Gasteiger partial charge is 0.355 e. The molecule has 0 radical (unpaired) electrons. The van der Waals surface area contributed by atoms with Crippen molar-refractivity contribution in [3.63, 3.8) is 0 Å². The highest BCUT2D eigenvalue weighted by Crippen LogP contribution is 2.32. The second-order valence-electron chi connectivity index (χ2n) is 3.43. The van der Waals surface area contributed by atoms with Gasteiger partial charge in [0.25, 0.3) is 0 Å². The molecule has 0 aromatic carbocycles. The van der Waals surface area contributed by atoms with Gasteiger partial charge >= 0.3 is 0 Å². The van der Waals surface area contributed by atoms with Gasteiger partial charge in [0.15, 0.2) is 0 Å². The Hall–Kier alpha value is -0.000000000000000222. The molecule has 0 amide bonds. The van der Waals surface area contributed by atoms with E-state index in [1.165, 1.54) is 18.5 Å². The zero-order valence-electron chi connectivity index (χ0n) is 8.28. The van der Waals surface area contributed by atoms with Gasteiger partial charge in [0.1, 0.15) is 17.3 Å². The van der Waals surface area contributed by atoms with Crippen molar-refractivity contribution in [3.05, 3.63) is 16.0 Å². The first kappa shape index (κ1) is 11.5. The average Bonchev–Trinajstić information content (AvgIpc) is 2.74. The van der Waals surface area contributed by atoms with Gasteiger partial charge in [0, 0.05) is 18.8 Å². The molecule has 1 aliphatic heterocycles. The van der Waals surface area contributed by atoms with Gasteiger partial charge in [-0.05, 0) is 28.1 Å². The van der Waals surface area contributed by atoms with E-state index in [4.69, 9.17) is 11.6 Å². The lowest BCUT2D eigenvalue weighted by Gasteiger charge is -2.25. The third-order valence-corrected chi connectivity index (χ3v) is 4.91. The summed E-state index contributed by atoms with van der Waals surface area (Å²) in [5, 5.41) is 0.470. The molecule has 3 nitrogen and oxygen atoms in total. The summed E-state index contributed by atoms with van der Waals surface area (Å²) in [5.74, 6) is 3.26. The number of anilines is 1. The van der Waals surface area contributed by atoms with E-state index in [2.05, 4.69) is 37.8 Å². The average molecular weight is 309 g/mol. The van der Waals surface area contributed by atoms with Crippen LogP contribution < -0.4 is 4.90 Å². The van der Waals surface area contributed by atoms with Gasteiger partial charge in [-0.1, -0.05) is 11.6 Å². The van der Waals surface area contributed by atoms with Gasteiger partial charge in [0.05, 0.1) is 4.47 Å². The Morgan fingerprint density at radius 1 is 1.60 bits per heavy atom. The van der Waals surface area contributed by atoms with Crippen LogP contribution in [0.5, 0.6) is 0 Å². The van der Waals surface area contributed by atoms with Gasteiger partial charge in [-0.2, -0.15) is 11.8 Å². The third-order valence-electron chi connectivity index (χ3n) is 2.52. The quantitative estimate of drug-likeness (QED) is 0.786. The van der Waals surface area contributed by atoms with E-state index in [1.807, 2.05) is 11.8 Å². The summed E-state index contributed by atoms with van der Waals surface area (Å²) in [6.45, 7) is 0. The van der Waals surface area contributed by atoms with Crippen molar-refractivity contribution in [2.45, 2.75) is 12.5 Å². The van der Waals surface area contributed by atoms with Crippen LogP contribution in [0.1, 0.15) is 6.42 Å². The molecule has 15 heavy (non-hydrogen) atoms. The van der Waals surface area contributed by atoms with Crippen LogP contribution in [-0.4, -0.2) is 34.6 Å². The minimum absolute atomic E-state index is 0.470. The summed E-state index contributed by atoms with van der Waals surface area (Å²) >= 11 is 11.3. The lowest BCUT2D eigenvalue weighted by Crippen LogP contribution is -2.32. The van der Waals surface area contributed by atoms with Crippen molar-refractivity contribution in [1.82, 2.24) is 9.97 Å². The maximum atomic E-state index is 5.93. The van der Waals surface area contributed by atoms with Crippen LogP contribution in [-0.2, 0) is 0 Å². The van der Waals surface area contributed by atoms with E-state index in [0.717, 1.165) is 16.0 Å². The molecule has 2 heterocycles. The van der Waals surface area contributed by atoms with Crippen molar-refractivity contribution >= 4 is 45.1 Å². The molecular formula is C9H11BrClN3S. The van der Waals surface area contributed by atoms with Gasteiger partial charge in [-0.15, -0.1) is 0 Å².